The van der Waals surface area contributed by atoms with Crippen LogP contribution in [-0.4, -0.2) is 7.05 Å². The first-order valence-electron chi connectivity index (χ1n) is 4.58. The van der Waals surface area contributed by atoms with Gasteiger partial charge in [0.25, 0.3) is 0 Å². The predicted molar refractivity (Wildman–Crippen MR) is 56.1 cm³/mol. The number of benzene rings is 2. The van der Waals surface area contributed by atoms with Gasteiger partial charge in [0, 0.05) is 24.7 Å². The summed E-state index contributed by atoms with van der Waals surface area (Å²) in [4.78, 5) is 2.30. The van der Waals surface area contributed by atoms with E-state index in [0.29, 0.717) is 0 Å². The molecular formula is C12H11N. The van der Waals surface area contributed by atoms with Crippen molar-refractivity contribution in [1.82, 2.24) is 0 Å². The monoisotopic (exact) mass is 169 g/mol. The van der Waals surface area contributed by atoms with Crippen LogP contribution in [0.25, 0.3) is 10.8 Å². The highest BCUT2D eigenvalue weighted by atomic mass is 15.1. The first-order valence-corrected chi connectivity index (χ1v) is 4.58. The van der Waals surface area contributed by atoms with Gasteiger partial charge in [0.1, 0.15) is 0 Å². The van der Waals surface area contributed by atoms with Crippen molar-refractivity contribution in [2.45, 2.75) is 6.54 Å². The summed E-state index contributed by atoms with van der Waals surface area (Å²) in [5.41, 5.74) is 2.82. The summed E-state index contributed by atoms with van der Waals surface area (Å²) in [6.07, 6.45) is 0. The zero-order chi connectivity index (χ0) is 8.84. The second-order valence-corrected chi connectivity index (χ2v) is 3.65. The molecule has 1 aliphatic heterocycles. The molecule has 0 amide bonds. The fourth-order valence-electron chi connectivity index (χ4n) is 2.19. The summed E-state index contributed by atoms with van der Waals surface area (Å²) in [5.74, 6) is 0. The van der Waals surface area contributed by atoms with Crippen molar-refractivity contribution in [2.24, 2.45) is 0 Å². The van der Waals surface area contributed by atoms with Gasteiger partial charge in [-0.2, -0.15) is 0 Å². The van der Waals surface area contributed by atoms with Gasteiger partial charge in [-0.25, -0.2) is 0 Å². The van der Waals surface area contributed by atoms with Crippen LogP contribution in [0.3, 0.4) is 0 Å². The first-order chi connectivity index (χ1) is 6.36. The van der Waals surface area contributed by atoms with E-state index in [0.717, 1.165) is 6.54 Å². The minimum Gasteiger partial charge on any atom is -0.370 e. The molecule has 2 aromatic rings. The lowest BCUT2D eigenvalue weighted by atomic mass is 10.1. The lowest BCUT2D eigenvalue weighted by Gasteiger charge is -2.10. The third-order valence-corrected chi connectivity index (χ3v) is 2.79. The average Bonchev–Trinajstić information content (AvgIpc) is 2.47. The summed E-state index contributed by atoms with van der Waals surface area (Å²) in [6.45, 7) is 1.05. The lowest BCUT2D eigenvalue weighted by molar-refractivity contribution is 0.967. The molecule has 0 N–H and O–H groups in total. The molecule has 0 fully saturated rings. The standard InChI is InChI=1S/C12H11N/c1-13-8-10-6-2-4-9-5-3-7-11(13)12(9)10/h2-7H,8H2,1H3. The maximum absolute atomic E-state index is 2.30. The summed E-state index contributed by atoms with van der Waals surface area (Å²) >= 11 is 0. The van der Waals surface area contributed by atoms with Gasteiger partial charge in [-0.1, -0.05) is 30.3 Å². The molecule has 64 valence electrons. The minimum absolute atomic E-state index is 1.05. The average molecular weight is 169 g/mol. The fourth-order valence-corrected chi connectivity index (χ4v) is 2.19. The van der Waals surface area contributed by atoms with Crippen molar-refractivity contribution >= 4 is 16.5 Å². The normalized spacial score (nSPS) is 14.1. The van der Waals surface area contributed by atoms with Crippen LogP contribution in [0.1, 0.15) is 5.56 Å². The SMILES string of the molecule is CN1Cc2cccc3cccc1c23. The summed E-state index contributed by atoms with van der Waals surface area (Å²) in [5, 5.41) is 2.80. The number of rotatable bonds is 0. The summed E-state index contributed by atoms with van der Waals surface area (Å²) < 4.78 is 0. The topological polar surface area (TPSA) is 3.24 Å². The lowest BCUT2D eigenvalue weighted by Crippen LogP contribution is -2.09. The predicted octanol–water partition coefficient (Wildman–Crippen LogP) is 2.79. The smallest absolute Gasteiger partial charge is 0.0449 e. The number of hydrogen-bond donors (Lipinski definition) is 0. The molecule has 3 rings (SSSR count). The van der Waals surface area contributed by atoms with E-state index < -0.39 is 0 Å². The molecule has 0 bridgehead atoms. The molecule has 0 aliphatic carbocycles. The van der Waals surface area contributed by atoms with Crippen molar-refractivity contribution < 1.29 is 0 Å². The Labute approximate surface area is 77.6 Å². The molecule has 13 heavy (non-hydrogen) atoms. The molecule has 0 radical (unpaired) electrons. The van der Waals surface area contributed by atoms with Gasteiger partial charge < -0.3 is 4.90 Å². The molecule has 1 nitrogen and oxygen atoms in total. The second kappa shape index (κ2) is 2.25. The Morgan fingerprint density at radius 1 is 1.08 bits per heavy atom. The van der Waals surface area contributed by atoms with Crippen molar-refractivity contribution in [1.29, 1.82) is 0 Å². The Morgan fingerprint density at radius 2 is 1.85 bits per heavy atom. The van der Waals surface area contributed by atoms with Crippen LogP contribution < -0.4 is 4.90 Å². The van der Waals surface area contributed by atoms with E-state index in [2.05, 4.69) is 48.3 Å². The van der Waals surface area contributed by atoms with Gasteiger partial charge in [-0.3, -0.25) is 0 Å². The van der Waals surface area contributed by atoms with E-state index in [9.17, 15) is 0 Å². The summed E-state index contributed by atoms with van der Waals surface area (Å²) in [7, 11) is 2.15. The quantitative estimate of drug-likeness (QED) is 0.586. The van der Waals surface area contributed by atoms with Gasteiger partial charge in [-0.05, 0) is 17.0 Å². The highest BCUT2D eigenvalue weighted by molar-refractivity contribution is 5.99. The molecule has 0 aromatic heterocycles. The van der Waals surface area contributed by atoms with Gasteiger partial charge in [-0.15, -0.1) is 0 Å². The van der Waals surface area contributed by atoms with Crippen LogP contribution in [0.4, 0.5) is 5.69 Å². The van der Waals surface area contributed by atoms with Crippen molar-refractivity contribution in [3.63, 3.8) is 0 Å². The van der Waals surface area contributed by atoms with Gasteiger partial charge in [0.2, 0.25) is 0 Å². The largest absolute Gasteiger partial charge is 0.370 e. The number of hydrogen-bond acceptors (Lipinski definition) is 1. The Bertz CT molecular complexity index is 468. The summed E-state index contributed by atoms with van der Waals surface area (Å²) in [6, 6.07) is 13.0. The fraction of sp³-hybridized carbons (Fsp3) is 0.167. The van der Waals surface area contributed by atoms with Crippen LogP contribution in [0.15, 0.2) is 36.4 Å². The van der Waals surface area contributed by atoms with Crippen LogP contribution in [0.2, 0.25) is 0 Å². The van der Waals surface area contributed by atoms with Crippen LogP contribution in [0, 0.1) is 0 Å². The van der Waals surface area contributed by atoms with E-state index in [1.165, 1.54) is 22.0 Å². The van der Waals surface area contributed by atoms with Gasteiger partial charge in [0.05, 0.1) is 0 Å². The van der Waals surface area contributed by atoms with E-state index in [1.54, 1.807) is 0 Å². The molecule has 0 unspecified atom stereocenters. The zero-order valence-electron chi connectivity index (χ0n) is 7.62. The Morgan fingerprint density at radius 3 is 2.69 bits per heavy atom. The highest BCUT2D eigenvalue weighted by Crippen LogP contribution is 2.35. The van der Waals surface area contributed by atoms with Crippen molar-refractivity contribution in [3.05, 3.63) is 42.0 Å². The molecule has 1 heterocycles. The second-order valence-electron chi connectivity index (χ2n) is 3.65. The first kappa shape index (κ1) is 6.96. The Balaban J connectivity index is 2.51. The van der Waals surface area contributed by atoms with Crippen LogP contribution in [0.5, 0.6) is 0 Å². The zero-order valence-corrected chi connectivity index (χ0v) is 7.62. The van der Waals surface area contributed by atoms with Crippen molar-refractivity contribution in [2.75, 3.05) is 11.9 Å². The molecular weight excluding hydrogens is 158 g/mol. The van der Waals surface area contributed by atoms with Gasteiger partial charge in [0.15, 0.2) is 0 Å². The molecule has 0 spiro atoms. The molecule has 0 saturated carbocycles. The number of nitrogens with zero attached hydrogens (tertiary/aromatic N) is 1. The maximum atomic E-state index is 2.30. The van der Waals surface area contributed by atoms with E-state index in [-0.39, 0.29) is 0 Å². The molecule has 2 aromatic carbocycles. The third-order valence-electron chi connectivity index (χ3n) is 2.79. The van der Waals surface area contributed by atoms with E-state index in [1.807, 2.05) is 0 Å². The Hall–Kier alpha value is -1.50. The number of anilines is 1. The molecule has 1 heteroatoms. The third kappa shape index (κ3) is 0.816. The minimum atomic E-state index is 1.05. The molecule has 1 aliphatic rings. The Kier molecular flexibility index (Phi) is 1.21. The van der Waals surface area contributed by atoms with E-state index >= 15 is 0 Å². The highest BCUT2D eigenvalue weighted by Gasteiger charge is 2.16. The maximum Gasteiger partial charge on any atom is 0.0449 e. The molecule has 0 atom stereocenters. The van der Waals surface area contributed by atoms with Gasteiger partial charge >= 0.3 is 0 Å². The van der Waals surface area contributed by atoms with E-state index in [4.69, 9.17) is 0 Å². The van der Waals surface area contributed by atoms with Crippen molar-refractivity contribution in [3.8, 4) is 0 Å². The van der Waals surface area contributed by atoms with Crippen LogP contribution in [-0.2, 0) is 6.54 Å². The molecule has 0 saturated heterocycles. The van der Waals surface area contributed by atoms with Crippen LogP contribution >= 0.6 is 0 Å².